The standard InChI is InChI=1S/C20H18FN3O3/c1-13-6-7-14(12-15(13)21)20(26)23-11-10-22-18(25)8-9-19-24-16-4-2-3-5-17(16)27-19/h2-9,12H,10-11H2,1H3,(H,22,25)(H,23,26)/b9-8+. The molecule has 0 atom stereocenters. The fraction of sp³-hybridized carbons (Fsp3) is 0.150. The van der Waals surface area contributed by atoms with Gasteiger partial charge in [-0.2, -0.15) is 0 Å². The van der Waals surface area contributed by atoms with Gasteiger partial charge in [0.15, 0.2) is 5.58 Å². The van der Waals surface area contributed by atoms with Gasteiger partial charge in [-0.25, -0.2) is 9.37 Å². The van der Waals surface area contributed by atoms with Crippen LogP contribution < -0.4 is 10.6 Å². The van der Waals surface area contributed by atoms with E-state index in [0.29, 0.717) is 22.6 Å². The maximum Gasteiger partial charge on any atom is 0.251 e. The number of amides is 2. The summed E-state index contributed by atoms with van der Waals surface area (Å²) in [6, 6.07) is 11.6. The fourth-order valence-corrected chi connectivity index (χ4v) is 2.37. The molecule has 0 aliphatic heterocycles. The van der Waals surface area contributed by atoms with E-state index >= 15 is 0 Å². The van der Waals surface area contributed by atoms with Crippen molar-refractivity contribution >= 4 is 29.0 Å². The molecular formula is C20H18FN3O3. The van der Waals surface area contributed by atoms with E-state index in [4.69, 9.17) is 4.42 Å². The van der Waals surface area contributed by atoms with E-state index in [1.54, 1.807) is 25.1 Å². The van der Waals surface area contributed by atoms with Crippen LogP contribution in [0.5, 0.6) is 0 Å². The Hall–Kier alpha value is -3.48. The van der Waals surface area contributed by atoms with Crippen LogP contribution in [-0.2, 0) is 4.79 Å². The molecule has 0 bridgehead atoms. The second-order valence-corrected chi connectivity index (χ2v) is 5.86. The zero-order chi connectivity index (χ0) is 19.2. The number of nitrogens with zero attached hydrogens (tertiary/aromatic N) is 1. The fourth-order valence-electron chi connectivity index (χ4n) is 2.37. The molecule has 138 valence electrons. The van der Waals surface area contributed by atoms with Crippen molar-refractivity contribution in [2.24, 2.45) is 0 Å². The molecule has 0 aliphatic rings. The van der Waals surface area contributed by atoms with E-state index in [9.17, 15) is 14.0 Å². The molecule has 0 unspecified atom stereocenters. The van der Waals surface area contributed by atoms with Gasteiger partial charge in [-0.05, 0) is 36.8 Å². The van der Waals surface area contributed by atoms with E-state index in [0.717, 1.165) is 0 Å². The van der Waals surface area contributed by atoms with Crippen LogP contribution in [0.4, 0.5) is 4.39 Å². The first-order valence-electron chi connectivity index (χ1n) is 8.39. The lowest BCUT2D eigenvalue weighted by molar-refractivity contribution is -0.116. The number of para-hydroxylation sites is 2. The maximum atomic E-state index is 13.5. The maximum absolute atomic E-state index is 13.5. The number of carbonyl (C=O) groups is 2. The predicted molar refractivity (Wildman–Crippen MR) is 99.5 cm³/mol. The van der Waals surface area contributed by atoms with Crippen molar-refractivity contribution in [3.63, 3.8) is 0 Å². The topological polar surface area (TPSA) is 84.2 Å². The van der Waals surface area contributed by atoms with Gasteiger partial charge in [0.2, 0.25) is 11.8 Å². The first kappa shape index (κ1) is 18.3. The largest absolute Gasteiger partial charge is 0.437 e. The highest BCUT2D eigenvalue weighted by atomic mass is 19.1. The number of benzene rings is 2. The molecular weight excluding hydrogens is 349 g/mol. The van der Waals surface area contributed by atoms with Crippen LogP contribution in [0.2, 0.25) is 0 Å². The van der Waals surface area contributed by atoms with E-state index < -0.39 is 11.7 Å². The highest BCUT2D eigenvalue weighted by Crippen LogP contribution is 2.15. The van der Waals surface area contributed by atoms with Crippen LogP contribution in [0.25, 0.3) is 17.2 Å². The van der Waals surface area contributed by atoms with E-state index in [1.807, 2.05) is 18.2 Å². The number of oxazole rings is 1. The zero-order valence-electron chi connectivity index (χ0n) is 14.7. The van der Waals surface area contributed by atoms with Crippen molar-refractivity contribution in [2.75, 3.05) is 13.1 Å². The first-order valence-corrected chi connectivity index (χ1v) is 8.39. The predicted octanol–water partition coefficient (Wildman–Crippen LogP) is 2.83. The molecule has 7 heteroatoms. The van der Waals surface area contributed by atoms with Crippen LogP contribution in [0.15, 0.2) is 53.0 Å². The molecule has 27 heavy (non-hydrogen) atoms. The summed E-state index contributed by atoms with van der Waals surface area (Å²) >= 11 is 0. The Morgan fingerprint density at radius 3 is 2.70 bits per heavy atom. The third kappa shape index (κ3) is 4.78. The quantitative estimate of drug-likeness (QED) is 0.518. The van der Waals surface area contributed by atoms with Crippen LogP contribution >= 0.6 is 0 Å². The number of hydrogen-bond donors (Lipinski definition) is 2. The van der Waals surface area contributed by atoms with E-state index in [-0.39, 0.29) is 24.6 Å². The van der Waals surface area contributed by atoms with Crippen LogP contribution in [-0.4, -0.2) is 29.9 Å². The number of aromatic nitrogens is 1. The number of rotatable bonds is 6. The van der Waals surface area contributed by atoms with Gasteiger partial charge in [0, 0.05) is 30.8 Å². The van der Waals surface area contributed by atoms with Gasteiger partial charge >= 0.3 is 0 Å². The van der Waals surface area contributed by atoms with Crippen molar-refractivity contribution in [3.05, 3.63) is 71.4 Å². The highest BCUT2D eigenvalue weighted by Gasteiger charge is 2.07. The summed E-state index contributed by atoms with van der Waals surface area (Å²) in [7, 11) is 0. The molecule has 1 aromatic heterocycles. The number of aryl methyl sites for hydroxylation is 1. The van der Waals surface area contributed by atoms with Gasteiger partial charge in [-0.3, -0.25) is 9.59 Å². The smallest absolute Gasteiger partial charge is 0.251 e. The Bertz CT molecular complexity index is 978. The highest BCUT2D eigenvalue weighted by molar-refractivity contribution is 5.94. The van der Waals surface area contributed by atoms with Gasteiger partial charge in [0.25, 0.3) is 5.91 Å². The summed E-state index contributed by atoms with van der Waals surface area (Å²) in [5.41, 5.74) is 2.07. The van der Waals surface area contributed by atoms with Gasteiger partial charge in [0.1, 0.15) is 11.3 Å². The Kier molecular flexibility index (Phi) is 5.61. The van der Waals surface area contributed by atoms with Gasteiger partial charge in [-0.15, -0.1) is 0 Å². The van der Waals surface area contributed by atoms with Crippen molar-refractivity contribution in [1.29, 1.82) is 0 Å². The van der Waals surface area contributed by atoms with Gasteiger partial charge in [0.05, 0.1) is 0 Å². The minimum Gasteiger partial charge on any atom is -0.437 e. The number of hydrogen-bond acceptors (Lipinski definition) is 4. The van der Waals surface area contributed by atoms with Gasteiger partial charge < -0.3 is 15.1 Å². The molecule has 2 N–H and O–H groups in total. The summed E-state index contributed by atoms with van der Waals surface area (Å²) in [4.78, 5) is 28.0. The lowest BCUT2D eigenvalue weighted by Crippen LogP contribution is -2.34. The molecule has 0 aliphatic carbocycles. The number of halogens is 1. The van der Waals surface area contributed by atoms with Crippen molar-refractivity contribution in [1.82, 2.24) is 15.6 Å². The summed E-state index contributed by atoms with van der Waals surface area (Å²) in [6.07, 6.45) is 2.78. The van der Waals surface area contributed by atoms with Crippen LogP contribution in [0, 0.1) is 12.7 Å². The monoisotopic (exact) mass is 367 g/mol. The first-order chi connectivity index (χ1) is 13.0. The van der Waals surface area contributed by atoms with E-state index in [2.05, 4.69) is 15.6 Å². The normalized spacial score (nSPS) is 11.0. The Morgan fingerprint density at radius 1 is 1.15 bits per heavy atom. The SMILES string of the molecule is Cc1ccc(C(=O)NCCNC(=O)/C=C/c2nc3ccccc3o2)cc1F. The lowest BCUT2D eigenvalue weighted by Gasteiger charge is -2.06. The molecule has 0 saturated heterocycles. The second kappa shape index (κ2) is 8.27. The van der Waals surface area contributed by atoms with Crippen LogP contribution in [0.1, 0.15) is 21.8 Å². The number of fused-ring (bicyclic) bond motifs is 1. The Morgan fingerprint density at radius 2 is 1.93 bits per heavy atom. The Balaban J connectivity index is 1.43. The third-order valence-corrected chi connectivity index (χ3v) is 3.83. The molecule has 3 aromatic rings. The van der Waals surface area contributed by atoms with Crippen molar-refractivity contribution < 1.29 is 18.4 Å². The van der Waals surface area contributed by atoms with Crippen molar-refractivity contribution in [2.45, 2.75) is 6.92 Å². The minimum atomic E-state index is -0.430. The molecule has 0 radical (unpaired) electrons. The summed E-state index contributed by atoms with van der Waals surface area (Å²) in [5, 5.41) is 5.25. The van der Waals surface area contributed by atoms with Crippen LogP contribution in [0.3, 0.4) is 0 Å². The molecule has 1 heterocycles. The lowest BCUT2D eigenvalue weighted by atomic mass is 10.1. The summed E-state index contributed by atoms with van der Waals surface area (Å²) in [5.74, 6) is -0.834. The summed E-state index contributed by atoms with van der Waals surface area (Å²) in [6.45, 7) is 2.08. The zero-order valence-corrected chi connectivity index (χ0v) is 14.7. The second-order valence-electron chi connectivity index (χ2n) is 5.86. The molecule has 6 nitrogen and oxygen atoms in total. The number of carbonyl (C=O) groups excluding carboxylic acids is 2. The molecule has 0 saturated carbocycles. The number of nitrogens with one attached hydrogen (secondary N) is 2. The van der Waals surface area contributed by atoms with Gasteiger partial charge in [-0.1, -0.05) is 18.2 Å². The molecule has 0 fully saturated rings. The minimum absolute atomic E-state index is 0.219. The third-order valence-electron chi connectivity index (χ3n) is 3.83. The Labute approximate surface area is 155 Å². The molecule has 2 aromatic carbocycles. The average molecular weight is 367 g/mol. The molecule has 2 amide bonds. The average Bonchev–Trinajstić information content (AvgIpc) is 3.08. The molecule has 0 spiro atoms. The van der Waals surface area contributed by atoms with E-state index in [1.165, 1.54) is 18.2 Å². The molecule has 3 rings (SSSR count). The summed E-state index contributed by atoms with van der Waals surface area (Å²) < 4.78 is 18.9. The van der Waals surface area contributed by atoms with Crippen molar-refractivity contribution in [3.8, 4) is 0 Å².